The van der Waals surface area contributed by atoms with Gasteiger partial charge < -0.3 is 9.47 Å². The summed E-state index contributed by atoms with van der Waals surface area (Å²) in [5, 5.41) is 9.16. The van der Waals surface area contributed by atoms with Crippen LogP contribution in [0.25, 0.3) is 6.08 Å². The van der Waals surface area contributed by atoms with Gasteiger partial charge in [0.05, 0.1) is 24.5 Å². The quantitative estimate of drug-likeness (QED) is 0.746. The van der Waals surface area contributed by atoms with Crippen molar-refractivity contribution in [2.24, 2.45) is 0 Å². The van der Waals surface area contributed by atoms with E-state index in [1.54, 1.807) is 18.2 Å². The highest BCUT2D eigenvalue weighted by atomic mass is 19.4. The number of hydrogen-bond acceptors (Lipinski definition) is 3. The molecule has 2 aromatic rings. The molecule has 0 fully saturated rings. The highest BCUT2D eigenvalue weighted by Gasteiger charge is 2.30. The molecule has 0 spiro atoms. The van der Waals surface area contributed by atoms with Crippen molar-refractivity contribution < 1.29 is 22.6 Å². The summed E-state index contributed by atoms with van der Waals surface area (Å²) < 4.78 is 48.3. The molecule has 2 aromatic carbocycles. The van der Waals surface area contributed by atoms with E-state index in [4.69, 9.17) is 14.7 Å². The van der Waals surface area contributed by atoms with E-state index in [1.165, 1.54) is 31.6 Å². The van der Waals surface area contributed by atoms with Crippen LogP contribution >= 0.6 is 0 Å². The number of methoxy groups -OCH3 is 1. The molecular formula is C17H12F3NO2. The Morgan fingerprint density at radius 1 is 1.13 bits per heavy atom. The number of benzene rings is 2. The summed E-state index contributed by atoms with van der Waals surface area (Å²) >= 11 is 0. The Hall–Kier alpha value is -2.94. The first-order valence-electron chi connectivity index (χ1n) is 6.52. The first kappa shape index (κ1) is 16.4. The fourth-order valence-corrected chi connectivity index (χ4v) is 1.84. The summed E-state index contributed by atoms with van der Waals surface area (Å²) in [7, 11) is 1.49. The molecule has 3 nitrogen and oxygen atoms in total. The van der Waals surface area contributed by atoms with Crippen LogP contribution in [0.2, 0.25) is 0 Å². The number of alkyl halides is 3. The second-order valence-corrected chi connectivity index (χ2v) is 4.53. The minimum atomic E-state index is -4.45. The average molecular weight is 319 g/mol. The van der Waals surface area contributed by atoms with Crippen molar-refractivity contribution in [3.8, 4) is 17.6 Å². The number of hydrogen-bond donors (Lipinski definition) is 0. The molecule has 6 heteroatoms. The third-order valence-electron chi connectivity index (χ3n) is 2.91. The van der Waals surface area contributed by atoms with E-state index in [9.17, 15) is 13.2 Å². The zero-order chi connectivity index (χ0) is 16.9. The van der Waals surface area contributed by atoms with Gasteiger partial charge in [0.1, 0.15) is 17.6 Å². The third kappa shape index (κ3) is 4.27. The van der Waals surface area contributed by atoms with Gasteiger partial charge in [-0.1, -0.05) is 12.1 Å². The predicted molar refractivity (Wildman–Crippen MR) is 78.7 cm³/mol. The van der Waals surface area contributed by atoms with Gasteiger partial charge in [0.15, 0.2) is 0 Å². The fourth-order valence-electron chi connectivity index (χ4n) is 1.84. The minimum Gasteiger partial charge on any atom is -0.504 e. The summed E-state index contributed by atoms with van der Waals surface area (Å²) in [5.74, 6) is 0.192. The summed E-state index contributed by atoms with van der Waals surface area (Å²) in [5.41, 5.74) is 0.105. The van der Waals surface area contributed by atoms with Gasteiger partial charge in [-0.05, 0) is 42.0 Å². The second kappa shape index (κ2) is 6.88. The molecule has 0 unspecified atom stereocenters. The first-order valence-corrected chi connectivity index (χ1v) is 6.52. The van der Waals surface area contributed by atoms with Gasteiger partial charge in [-0.2, -0.15) is 18.4 Å². The zero-order valence-corrected chi connectivity index (χ0v) is 12.1. The SMILES string of the molecule is CO/C=C/c1ccc(Oc2cccc(C(F)(F)F)c2)c(C#N)c1. The van der Waals surface area contributed by atoms with Crippen molar-refractivity contribution in [2.75, 3.05) is 7.11 Å². The van der Waals surface area contributed by atoms with Crippen molar-refractivity contribution >= 4 is 6.08 Å². The highest BCUT2D eigenvalue weighted by molar-refractivity contribution is 5.56. The molecule has 0 N–H and O–H groups in total. The van der Waals surface area contributed by atoms with Crippen LogP contribution in [0.15, 0.2) is 48.7 Å². The van der Waals surface area contributed by atoms with Gasteiger partial charge >= 0.3 is 6.18 Å². The Kier molecular flexibility index (Phi) is 4.91. The van der Waals surface area contributed by atoms with Gasteiger partial charge in [-0.3, -0.25) is 0 Å². The van der Waals surface area contributed by atoms with Gasteiger partial charge in [0, 0.05) is 0 Å². The van der Waals surface area contributed by atoms with Crippen LogP contribution in [0.1, 0.15) is 16.7 Å². The molecule has 0 radical (unpaired) electrons. The highest BCUT2D eigenvalue weighted by Crippen LogP contribution is 2.33. The van der Waals surface area contributed by atoms with E-state index in [1.807, 2.05) is 6.07 Å². The van der Waals surface area contributed by atoms with Crippen molar-refractivity contribution in [1.82, 2.24) is 0 Å². The van der Waals surface area contributed by atoms with Crippen molar-refractivity contribution in [2.45, 2.75) is 6.18 Å². The maximum absolute atomic E-state index is 12.7. The van der Waals surface area contributed by atoms with E-state index in [0.717, 1.165) is 12.1 Å². The topological polar surface area (TPSA) is 42.2 Å². The van der Waals surface area contributed by atoms with E-state index in [-0.39, 0.29) is 17.1 Å². The van der Waals surface area contributed by atoms with E-state index in [2.05, 4.69) is 0 Å². The molecule has 0 aliphatic rings. The summed E-state index contributed by atoms with van der Waals surface area (Å²) in [6, 6.07) is 11.2. The molecule has 2 rings (SSSR count). The Morgan fingerprint density at radius 2 is 1.91 bits per heavy atom. The van der Waals surface area contributed by atoms with Crippen LogP contribution in [-0.4, -0.2) is 7.11 Å². The van der Waals surface area contributed by atoms with Crippen LogP contribution < -0.4 is 4.74 Å². The van der Waals surface area contributed by atoms with E-state index in [0.29, 0.717) is 5.56 Å². The summed E-state index contributed by atoms with van der Waals surface area (Å²) in [4.78, 5) is 0. The standard InChI is InChI=1S/C17H12F3NO2/c1-22-8-7-12-5-6-16(13(9-12)11-21)23-15-4-2-3-14(10-15)17(18,19)20/h2-10H,1H3/b8-7+. The Labute approximate surface area is 131 Å². The van der Waals surface area contributed by atoms with E-state index >= 15 is 0 Å². The number of halogens is 3. The molecule has 0 saturated carbocycles. The normalized spacial score (nSPS) is 11.3. The molecule has 0 aliphatic heterocycles. The van der Waals surface area contributed by atoms with Crippen molar-refractivity contribution in [1.29, 1.82) is 5.26 Å². The monoisotopic (exact) mass is 319 g/mol. The van der Waals surface area contributed by atoms with Crippen LogP contribution in [0.5, 0.6) is 11.5 Å². The number of ether oxygens (including phenoxy) is 2. The summed E-state index contributed by atoms with van der Waals surface area (Å²) in [6.45, 7) is 0. The zero-order valence-electron chi connectivity index (χ0n) is 12.1. The molecule has 0 aromatic heterocycles. The molecule has 0 atom stereocenters. The van der Waals surface area contributed by atoms with Crippen LogP contribution in [-0.2, 0) is 10.9 Å². The van der Waals surface area contributed by atoms with Gasteiger partial charge in [0.25, 0.3) is 0 Å². The van der Waals surface area contributed by atoms with Crippen LogP contribution in [0.4, 0.5) is 13.2 Å². The van der Waals surface area contributed by atoms with Gasteiger partial charge in [-0.15, -0.1) is 0 Å². The maximum atomic E-state index is 12.7. The fraction of sp³-hybridized carbons (Fsp3) is 0.118. The second-order valence-electron chi connectivity index (χ2n) is 4.53. The predicted octanol–water partition coefficient (Wildman–Crippen LogP) is 4.99. The lowest BCUT2D eigenvalue weighted by atomic mass is 10.1. The third-order valence-corrected chi connectivity index (χ3v) is 2.91. The van der Waals surface area contributed by atoms with Crippen LogP contribution in [0.3, 0.4) is 0 Å². The largest absolute Gasteiger partial charge is 0.504 e. The maximum Gasteiger partial charge on any atom is 0.416 e. The molecule has 0 aliphatic carbocycles. The number of nitrogens with zero attached hydrogens (tertiary/aromatic N) is 1. The molecule has 0 heterocycles. The van der Waals surface area contributed by atoms with Crippen molar-refractivity contribution in [3.05, 3.63) is 65.4 Å². The lowest BCUT2D eigenvalue weighted by Gasteiger charge is -2.11. The smallest absolute Gasteiger partial charge is 0.416 e. The van der Waals surface area contributed by atoms with E-state index < -0.39 is 11.7 Å². The van der Waals surface area contributed by atoms with Crippen molar-refractivity contribution in [3.63, 3.8) is 0 Å². The molecular weight excluding hydrogens is 307 g/mol. The summed E-state index contributed by atoms with van der Waals surface area (Å²) in [6.07, 6.45) is -1.36. The number of rotatable bonds is 4. The lowest BCUT2D eigenvalue weighted by Crippen LogP contribution is -2.04. The molecule has 0 bridgehead atoms. The van der Waals surface area contributed by atoms with Gasteiger partial charge in [-0.25, -0.2) is 0 Å². The Balaban J connectivity index is 2.30. The first-order chi connectivity index (χ1) is 10.9. The average Bonchev–Trinajstić information content (AvgIpc) is 2.53. The Morgan fingerprint density at radius 3 is 2.57 bits per heavy atom. The molecule has 0 amide bonds. The Bertz CT molecular complexity index is 761. The number of nitriles is 1. The molecule has 23 heavy (non-hydrogen) atoms. The van der Waals surface area contributed by atoms with Gasteiger partial charge in [0.2, 0.25) is 0 Å². The molecule has 0 saturated heterocycles. The molecule has 118 valence electrons. The van der Waals surface area contributed by atoms with Crippen LogP contribution in [0, 0.1) is 11.3 Å². The minimum absolute atomic E-state index is 0.0107. The lowest BCUT2D eigenvalue weighted by molar-refractivity contribution is -0.137.